The van der Waals surface area contributed by atoms with Crippen LogP contribution in [0.25, 0.3) is 11.0 Å². The maximum absolute atomic E-state index is 11.2. The van der Waals surface area contributed by atoms with Crippen molar-refractivity contribution in [3.05, 3.63) is 34.6 Å². The molecule has 0 fully saturated rings. The molecule has 12 heavy (non-hydrogen) atoms. The van der Waals surface area contributed by atoms with E-state index in [4.69, 9.17) is 5.73 Å². The number of hydrogen-bond acceptors (Lipinski definition) is 2. The largest absolute Gasteiger partial charge is 0.325 e. The van der Waals surface area contributed by atoms with Crippen molar-refractivity contribution in [2.24, 2.45) is 0 Å². The van der Waals surface area contributed by atoms with Crippen LogP contribution in [0, 0.1) is 0 Å². The Morgan fingerprint density at radius 2 is 2.33 bits per heavy atom. The fourth-order valence-electron chi connectivity index (χ4n) is 1.08. The number of pyridine rings is 2. The summed E-state index contributed by atoms with van der Waals surface area (Å²) in [5.41, 5.74) is 7.52. The summed E-state index contributed by atoms with van der Waals surface area (Å²) >= 11 is 0. The minimum absolute atomic E-state index is 0.0891. The van der Waals surface area contributed by atoms with E-state index < -0.39 is 0 Å². The normalized spacial score (nSPS) is 10.3. The van der Waals surface area contributed by atoms with Crippen LogP contribution < -0.4 is 11.2 Å². The molecule has 59 valence electrons. The van der Waals surface area contributed by atoms with E-state index in [0.29, 0.717) is 11.0 Å². The Morgan fingerprint density at radius 1 is 1.50 bits per heavy atom. The van der Waals surface area contributed by atoms with E-state index in [1.54, 1.807) is 18.3 Å². The first-order valence-corrected chi connectivity index (χ1v) is 3.47. The van der Waals surface area contributed by atoms with Crippen LogP contribution in [-0.4, -0.2) is 9.97 Å². The van der Waals surface area contributed by atoms with E-state index in [-0.39, 0.29) is 11.2 Å². The quantitative estimate of drug-likeness (QED) is 0.620. The van der Waals surface area contributed by atoms with Gasteiger partial charge in [0.2, 0.25) is 0 Å². The summed E-state index contributed by atoms with van der Waals surface area (Å²) in [4.78, 5) is 17.8. The van der Waals surface area contributed by atoms with Crippen LogP contribution in [0.1, 0.15) is 0 Å². The summed E-state index contributed by atoms with van der Waals surface area (Å²) in [6.07, 6.45) is 1.58. The topological polar surface area (TPSA) is 69.6 Å². The molecule has 1 radical (unpaired) electrons. The van der Waals surface area contributed by atoms with Crippen LogP contribution in [0.4, 0.5) is 5.82 Å². The highest BCUT2D eigenvalue weighted by Gasteiger charge is 1.98. The molecule has 0 bridgehead atoms. The van der Waals surface area contributed by atoms with Crippen molar-refractivity contribution in [3.8, 4) is 0 Å². The first kappa shape index (κ1) is 6.84. The second-order valence-corrected chi connectivity index (χ2v) is 2.45. The Bertz CT molecular complexity index is 475. The summed E-state index contributed by atoms with van der Waals surface area (Å²) in [5.74, 6) is 0.0891. The third kappa shape index (κ3) is 0.934. The van der Waals surface area contributed by atoms with Crippen LogP contribution in [0.3, 0.4) is 0 Å². The average molecular weight is 160 g/mol. The highest BCUT2D eigenvalue weighted by atomic mass is 16.1. The molecule has 4 nitrogen and oxygen atoms in total. The molecular weight excluding hydrogens is 154 g/mol. The van der Waals surface area contributed by atoms with Gasteiger partial charge in [0.05, 0.1) is 5.39 Å². The van der Waals surface area contributed by atoms with Crippen molar-refractivity contribution < 1.29 is 0 Å². The SMILES string of the molecule is [NH]c1cc(=O)c2cccnc2[nH]1. The van der Waals surface area contributed by atoms with Crippen molar-refractivity contribution in [1.82, 2.24) is 15.7 Å². The lowest BCUT2D eigenvalue weighted by molar-refractivity contribution is 1.23. The van der Waals surface area contributed by atoms with Gasteiger partial charge in [0.25, 0.3) is 0 Å². The first-order chi connectivity index (χ1) is 5.77. The maximum atomic E-state index is 11.2. The minimum atomic E-state index is -0.165. The molecule has 0 aliphatic carbocycles. The van der Waals surface area contributed by atoms with E-state index in [2.05, 4.69) is 9.97 Å². The lowest BCUT2D eigenvalue weighted by Crippen LogP contribution is -2.02. The summed E-state index contributed by atoms with van der Waals surface area (Å²) in [6.45, 7) is 0. The number of H-pyrrole nitrogens is 1. The molecule has 2 N–H and O–H groups in total. The predicted molar refractivity (Wildman–Crippen MR) is 45.1 cm³/mol. The smallest absolute Gasteiger partial charge is 0.193 e. The van der Waals surface area contributed by atoms with E-state index >= 15 is 0 Å². The Kier molecular flexibility index (Phi) is 1.33. The van der Waals surface area contributed by atoms with Gasteiger partial charge in [-0.15, -0.1) is 0 Å². The Labute approximate surface area is 68.1 Å². The number of nitrogens with one attached hydrogen (secondary N) is 2. The van der Waals surface area contributed by atoms with Crippen LogP contribution in [-0.2, 0) is 0 Å². The molecule has 2 heterocycles. The molecule has 0 aliphatic rings. The number of aromatic nitrogens is 2. The molecular formula is C8H6N3O. The molecule has 4 heteroatoms. The van der Waals surface area contributed by atoms with Gasteiger partial charge in [-0.25, -0.2) is 4.98 Å². The maximum Gasteiger partial charge on any atom is 0.193 e. The van der Waals surface area contributed by atoms with Gasteiger partial charge in [0.1, 0.15) is 11.5 Å². The standard InChI is InChI=1S/C8H6N3O/c9-7-4-6(12)5-2-1-3-10-8(5)11-7/h1-4,9H,(H,10,11,12). The Balaban J connectivity index is 2.99. The summed E-state index contributed by atoms with van der Waals surface area (Å²) in [5, 5.41) is 0.522. The van der Waals surface area contributed by atoms with Crippen LogP contribution in [0.2, 0.25) is 0 Å². The number of fused-ring (bicyclic) bond motifs is 1. The van der Waals surface area contributed by atoms with Crippen molar-refractivity contribution in [1.29, 1.82) is 0 Å². The molecule has 0 saturated heterocycles. The summed E-state index contributed by atoms with van der Waals surface area (Å²) in [7, 11) is 0. The Hall–Kier alpha value is -1.84. The molecule has 2 rings (SSSR count). The third-order valence-corrected chi connectivity index (χ3v) is 1.60. The third-order valence-electron chi connectivity index (χ3n) is 1.60. The van der Waals surface area contributed by atoms with Crippen LogP contribution in [0.15, 0.2) is 29.2 Å². The number of rotatable bonds is 0. The lowest BCUT2D eigenvalue weighted by Gasteiger charge is -1.95. The number of hydrogen-bond donors (Lipinski definition) is 1. The van der Waals surface area contributed by atoms with E-state index in [0.717, 1.165) is 0 Å². The summed E-state index contributed by atoms with van der Waals surface area (Å²) < 4.78 is 0. The van der Waals surface area contributed by atoms with Gasteiger partial charge < -0.3 is 4.98 Å². The van der Waals surface area contributed by atoms with Crippen molar-refractivity contribution in [3.63, 3.8) is 0 Å². The van der Waals surface area contributed by atoms with Gasteiger partial charge in [-0.05, 0) is 12.1 Å². The van der Waals surface area contributed by atoms with Crippen molar-refractivity contribution in [2.75, 3.05) is 0 Å². The molecule has 0 amide bonds. The molecule has 0 aromatic carbocycles. The van der Waals surface area contributed by atoms with E-state index in [1.165, 1.54) is 6.07 Å². The van der Waals surface area contributed by atoms with E-state index in [9.17, 15) is 4.79 Å². The Morgan fingerprint density at radius 3 is 3.17 bits per heavy atom. The highest BCUT2D eigenvalue weighted by Crippen LogP contribution is 2.04. The fraction of sp³-hybridized carbons (Fsp3) is 0. The molecule has 0 spiro atoms. The van der Waals surface area contributed by atoms with Crippen molar-refractivity contribution in [2.45, 2.75) is 0 Å². The number of nitrogens with zero attached hydrogens (tertiary/aromatic N) is 1. The average Bonchev–Trinajstić information content (AvgIpc) is 2.04. The molecule has 0 unspecified atom stereocenters. The molecule has 0 saturated carbocycles. The van der Waals surface area contributed by atoms with Crippen molar-refractivity contribution >= 4 is 16.9 Å². The van der Waals surface area contributed by atoms with Gasteiger partial charge >= 0.3 is 0 Å². The molecule has 0 aliphatic heterocycles. The zero-order valence-electron chi connectivity index (χ0n) is 6.16. The second-order valence-electron chi connectivity index (χ2n) is 2.45. The van der Waals surface area contributed by atoms with Gasteiger partial charge in [0, 0.05) is 12.3 Å². The first-order valence-electron chi connectivity index (χ1n) is 3.47. The fourth-order valence-corrected chi connectivity index (χ4v) is 1.08. The van der Waals surface area contributed by atoms with E-state index in [1.807, 2.05) is 0 Å². The molecule has 2 aromatic rings. The molecule has 0 atom stereocenters. The van der Waals surface area contributed by atoms with Gasteiger partial charge in [-0.1, -0.05) is 0 Å². The van der Waals surface area contributed by atoms with Gasteiger partial charge in [0.15, 0.2) is 5.43 Å². The zero-order valence-corrected chi connectivity index (χ0v) is 6.16. The predicted octanol–water partition coefficient (Wildman–Crippen LogP) is 0.837. The molecule has 2 aromatic heterocycles. The van der Waals surface area contributed by atoms with Gasteiger partial charge in [-0.3, -0.25) is 10.5 Å². The second kappa shape index (κ2) is 2.34. The summed E-state index contributed by atoms with van der Waals surface area (Å²) in [6, 6.07) is 4.62. The minimum Gasteiger partial charge on any atom is -0.325 e. The number of aromatic amines is 1. The van der Waals surface area contributed by atoms with Gasteiger partial charge in [-0.2, -0.15) is 0 Å². The van der Waals surface area contributed by atoms with Crippen LogP contribution >= 0.6 is 0 Å². The zero-order chi connectivity index (χ0) is 8.55. The highest BCUT2D eigenvalue weighted by molar-refractivity contribution is 5.75. The van der Waals surface area contributed by atoms with Crippen LogP contribution in [0.5, 0.6) is 0 Å². The lowest BCUT2D eigenvalue weighted by atomic mass is 10.3. The monoisotopic (exact) mass is 160 g/mol.